The van der Waals surface area contributed by atoms with Gasteiger partial charge in [0, 0.05) is 12.2 Å². The highest BCUT2D eigenvalue weighted by Crippen LogP contribution is 2.11. The lowest BCUT2D eigenvalue weighted by atomic mass is 10.1. The minimum atomic E-state index is 0.0368. The molecule has 4 N–H and O–H groups in total. The molecule has 0 saturated heterocycles. The first kappa shape index (κ1) is 9.16. The second-order valence-corrected chi connectivity index (χ2v) is 2.79. The molecular weight excluding hydrogens is 150 g/mol. The molecule has 1 aromatic rings. The van der Waals surface area contributed by atoms with Crippen molar-refractivity contribution in [2.24, 2.45) is 11.5 Å². The van der Waals surface area contributed by atoms with Crippen LogP contribution >= 0.6 is 0 Å². The van der Waals surface area contributed by atoms with Crippen LogP contribution in [0.2, 0.25) is 0 Å². The Bertz CT molecular complexity index is 210. The zero-order valence-corrected chi connectivity index (χ0v) is 7.11. The maximum Gasteiger partial charge on any atom is 0.0570 e. The van der Waals surface area contributed by atoms with E-state index in [0.29, 0.717) is 6.54 Å². The molecule has 1 heterocycles. The zero-order chi connectivity index (χ0) is 8.81. The molecule has 0 unspecified atom stereocenters. The average Bonchev–Trinajstić information content (AvgIpc) is 2.15. The molecule has 1 aromatic heterocycles. The van der Waals surface area contributed by atoms with Crippen LogP contribution in [0.5, 0.6) is 0 Å². The minimum absolute atomic E-state index is 0.0368. The lowest BCUT2D eigenvalue weighted by Crippen LogP contribution is -2.13. The highest BCUT2D eigenvalue weighted by atomic mass is 14.8. The van der Waals surface area contributed by atoms with Crippen molar-refractivity contribution in [2.45, 2.75) is 18.9 Å². The van der Waals surface area contributed by atoms with E-state index in [1.165, 1.54) is 0 Å². The van der Waals surface area contributed by atoms with Crippen molar-refractivity contribution in [3.63, 3.8) is 0 Å². The second kappa shape index (κ2) is 4.85. The summed E-state index contributed by atoms with van der Waals surface area (Å²) in [5.74, 6) is 0. The smallest absolute Gasteiger partial charge is 0.0570 e. The summed E-state index contributed by atoms with van der Waals surface area (Å²) in [5, 5.41) is 0. The first-order valence-corrected chi connectivity index (χ1v) is 4.21. The van der Waals surface area contributed by atoms with Crippen LogP contribution in [-0.2, 0) is 0 Å². The Morgan fingerprint density at radius 1 is 1.42 bits per heavy atom. The van der Waals surface area contributed by atoms with Crippen molar-refractivity contribution in [1.82, 2.24) is 4.98 Å². The fraction of sp³-hybridized carbons (Fsp3) is 0.444. The maximum absolute atomic E-state index is 5.86. The van der Waals surface area contributed by atoms with Crippen molar-refractivity contribution in [2.75, 3.05) is 6.54 Å². The fourth-order valence-electron chi connectivity index (χ4n) is 1.08. The van der Waals surface area contributed by atoms with Crippen molar-refractivity contribution < 1.29 is 0 Å². The van der Waals surface area contributed by atoms with E-state index in [2.05, 4.69) is 4.98 Å². The Kier molecular flexibility index (Phi) is 3.70. The highest BCUT2D eigenvalue weighted by molar-refractivity contribution is 5.07. The Morgan fingerprint density at radius 2 is 2.25 bits per heavy atom. The molecule has 0 amide bonds. The van der Waals surface area contributed by atoms with Crippen LogP contribution in [0.4, 0.5) is 0 Å². The van der Waals surface area contributed by atoms with Gasteiger partial charge in [-0.25, -0.2) is 0 Å². The summed E-state index contributed by atoms with van der Waals surface area (Å²) in [6, 6.07) is 5.82. The molecule has 3 heteroatoms. The molecule has 0 fully saturated rings. The van der Waals surface area contributed by atoms with E-state index in [0.717, 1.165) is 18.5 Å². The summed E-state index contributed by atoms with van der Waals surface area (Å²) in [6.45, 7) is 0.695. The van der Waals surface area contributed by atoms with Gasteiger partial charge in [-0.2, -0.15) is 0 Å². The summed E-state index contributed by atoms with van der Waals surface area (Å²) in [6.07, 6.45) is 3.63. The molecule has 0 spiro atoms. The Hall–Kier alpha value is -0.930. The fourth-order valence-corrected chi connectivity index (χ4v) is 1.08. The number of nitrogens with two attached hydrogens (primary N) is 2. The molecule has 0 saturated carbocycles. The molecule has 0 aliphatic heterocycles. The quantitative estimate of drug-likeness (QED) is 0.694. The van der Waals surface area contributed by atoms with Gasteiger partial charge in [0.2, 0.25) is 0 Å². The summed E-state index contributed by atoms with van der Waals surface area (Å²) < 4.78 is 0. The van der Waals surface area contributed by atoms with Gasteiger partial charge < -0.3 is 11.5 Å². The van der Waals surface area contributed by atoms with Gasteiger partial charge in [0.05, 0.1) is 5.69 Å². The number of hydrogen-bond acceptors (Lipinski definition) is 3. The first-order valence-electron chi connectivity index (χ1n) is 4.21. The molecule has 12 heavy (non-hydrogen) atoms. The van der Waals surface area contributed by atoms with Crippen LogP contribution in [0, 0.1) is 0 Å². The maximum atomic E-state index is 5.86. The van der Waals surface area contributed by atoms with E-state index >= 15 is 0 Å². The SMILES string of the molecule is NCCC[C@H](N)c1ccccn1. The number of hydrogen-bond donors (Lipinski definition) is 2. The van der Waals surface area contributed by atoms with E-state index in [1.807, 2.05) is 18.2 Å². The Labute approximate surface area is 72.8 Å². The highest BCUT2D eigenvalue weighted by Gasteiger charge is 2.04. The van der Waals surface area contributed by atoms with Crippen molar-refractivity contribution >= 4 is 0 Å². The lowest BCUT2D eigenvalue weighted by Gasteiger charge is -2.08. The third-order valence-electron chi connectivity index (χ3n) is 1.79. The molecular formula is C9H15N3. The molecule has 0 aromatic carbocycles. The summed E-state index contributed by atoms with van der Waals surface area (Å²) in [5.41, 5.74) is 12.2. The number of aromatic nitrogens is 1. The lowest BCUT2D eigenvalue weighted by molar-refractivity contribution is 0.604. The number of pyridine rings is 1. The van der Waals surface area contributed by atoms with E-state index in [9.17, 15) is 0 Å². The standard InChI is InChI=1S/C9H15N3/c10-6-3-4-8(11)9-5-1-2-7-12-9/h1-2,5,7-8H,3-4,6,10-11H2/t8-/m0/s1. The molecule has 0 bridgehead atoms. The van der Waals surface area contributed by atoms with Crippen LogP contribution in [0.15, 0.2) is 24.4 Å². The summed E-state index contributed by atoms with van der Waals surface area (Å²) in [4.78, 5) is 4.17. The van der Waals surface area contributed by atoms with Crippen molar-refractivity contribution in [3.8, 4) is 0 Å². The van der Waals surface area contributed by atoms with Gasteiger partial charge in [-0.1, -0.05) is 6.07 Å². The number of rotatable bonds is 4. The van der Waals surface area contributed by atoms with Crippen molar-refractivity contribution in [3.05, 3.63) is 30.1 Å². The second-order valence-electron chi connectivity index (χ2n) is 2.79. The topological polar surface area (TPSA) is 64.9 Å². The van der Waals surface area contributed by atoms with Crippen LogP contribution in [0.25, 0.3) is 0 Å². The molecule has 0 radical (unpaired) electrons. The van der Waals surface area contributed by atoms with Gasteiger partial charge in [0.25, 0.3) is 0 Å². The van der Waals surface area contributed by atoms with E-state index in [1.54, 1.807) is 6.20 Å². The van der Waals surface area contributed by atoms with E-state index in [-0.39, 0.29) is 6.04 Å². The predicted octanol–water partition coefficient (Wildman–Crippen LogP) is 0.820. The van der Waals surface area contributed by atoms with Crippen LogP contribution in [-0.4, -0.2) is 11.5 Å². The first-order chi connectivity index (χ1) is 5.84. The van der Waals surface area contributed by atoms with Gasteiger partial charge in [0.15, 0.2) is 0 Å². The predicted molar refractivity (Wildman–Crippen MR) is 49.5 cm³/mol. The van der Waals surface area contributed by atoms with E-state index < -0.39 is 0 Å². The summed E-state index contributed by atoms with van der Waals surface area (Å²) >= 11 is 0. The minimum Gasteiger partial charge on any atom is -0.330 e. The Morgan fingerprint density at radius 3 is 2.83 bits per heavy atom. The zero-order valence-electron chi connectivity index (χ0n) is 7.11. The monoisotopic (exact) mass is 165 g/mol. The van der Waals surface area contributed by atoms with E-state index in [4.69, 9.17) is 11.5 Å². The summed E-state index contributed by atoms with van der Waals surface area (Å²) in [7, 11) is 0. The largest absolute Gasteiger partial charge is 0.330 e. The van der Waals surface area contributed by atoms with Gasteiger partial charge in [0.1, 0.15) is 0 Å². The molecule has 0 aliphatic carbocycles. The van der Waals surface area contributed by atoms with Crippen LogP contribution < -0.4 is 11.5 Å². The normalized spacial score (nSPS) is 12.8. The van der Waals surface area contributed by atoms with Crippen LogP contribution in [0.3, 0.4) is 0 Å². The molecule has 1 atom stereocenters. The van der Waals surface area contributed by atoms with Gasteiger partial charge in [-0.3, -0.25) is 4.98 Å². The van der Waals surface area contributed by atoms with Gasteiger partial charge >= 0.3 is 0 Å². The molecule has 66 valence electrons. The van der Waals surface area contributed by atoms with Crippen molar-refractivity contribution in [1.29, 1.82) is 0 Å². The van der Waals surface area contributed by atoms with Gasteiger partial charge in [-0.05, 0) is 31.5 Å². The Balaban J connectivity index is 2.48. The third kappa shape index (κ3) is 2.60. The average molecular weight is 165 g/mol. The third-order valence-corrected chi connectivity index (χ3v) is 1.79. The molecule has 0 aliphatic rings. The molecule has 3 nitrogen and oxygen atoms in total. The van der Waals surface area contributed by atoms with Gasteiger partial charge in [-0.15, -0.1) is 0 Å². The molecule has 1 rings (SSSR count). The number of nitrogens with zero attached hydrogens (tertiary/aromatic N) is 1. The van der Waals surface area contributed by atoms with Crippen LogP contribution in [0.1, 0.15) is 24.6 Å².